The molecule has 0 bridgehead atoms. The summed E-state index contributed by atoms with van der Waals surface area (Å²) in [7, 11) is 8.20. The molecule has 1 aliphatic heterocycles. The number of ether oxygens (including phenoxy) is 5. The lowest BCUT2D eigenvalue weighted by Crippen LogP contribution is -2.29. The quantitative estimate of drug-likeness (QED) is 0.855. The number of hydrogen-bond donors (Lipinski definition) is 1. The third kappa shape index (κ3) is 3.24. The SMILES string of the molecule is COc1cc2c(c(OC)c1)CNC(c1cc(OC)c(OC)c(OC)c1)C2. The van der Waals surface area contributed by atoms with E-state index < -0.39 is 0 Å². The topological polar surface area (TPSA) is 58.2 Å². The standard InChI is InChI=1S/C20H25NO5/c1-22-14-6-12-7-16(21-11-15(12)17(10-14)23-2)13-8-18(24-3)20(26-5)19(9-13)25-4/h6,8-10,16,21H,7,11H2,1-5H3. The minimum absolute atomic E-state index is 0.119. The summed E-state index contributed by atoms with van der Waals surface area (Å²) in [6.45, 7) is 0.712. The molecule has 26 heavy (non-hydrogen) atoms. The van der Waals surface area contributed by atoms with Gasteiger partial charge in [-0.2, -0.15) is 0 Å². The molecule has 0 radical (unpaired) electrons. The lowest BCUT2D eigenvalue weighted by Gasteiger charge is -2.29. The Morgan fingerprint density at radius 3 is 1.96 bits per heavy atom. The van der Waals surface area contributed by atoms with E-state index in [9.17, 15) is 0 Å². The molecular weight excluding hydrogens is 334 g/mol. The molecule has 2 aromatic carbocycles. The highest BCUT2D eigenvalue weighted by molar-refractivity contribution is 5.55. The van der Waals surface area contributed by atoms with Gasteiger partial charge >= 0.3 is 0 Å². The van der Waals surface area contributed by atoms with Crippen LogP contribution in [0, 0.1) is 0 Å². The molecule has 1 atom stereocenters. The Morgan fingerprint density at radius 1 is 0.769 bits per heavy atom. The third-order valence-corrected chi connectivity index (χ3v) is 4.77. The Labute approximate surface area is 154 Å². The van der Waals surface area contributed by atoms with Crippen LogP contribution in [-0.2, 0) is 13.0 Å². The van der Waals surface area contributed by atoms with Crippen molar-refractivity contribution in [1.29, 1.82) is 0 Å². The molecule has 0 fully saturated rings. The van der Waals surface area contributed by atoms with Crippen LogP contribution in [0.4, 0.5) is 0 Å². The summed E-state index contributed by atoms with van der Waals surface area (Å²) in [5.41, 5.74) is 3.45. The van der Waals surface area contributed by atoms with Crippen LogP contribution >= 0.6 is 0 Å². The summed E-state index contributed by atoms with van der Waals surface area (Å²) in [6, 6.07) is 8.08. The molecule has 0 saturated carbocycles. The fourth-order valence-electron chi connectivity index (χ4n) is 3.41. The van der Waals surface area contributed by atoms with E-state index in [4.69, 9.17) is 23.7 Å². The summed E-state index contributed by atoms with van der Waals surface area (Å²) in [5, 5.41) is 3.57. The van der Waals surface area contributed by atoms with Gasteiger partial charge in [0, 0.05) is 24.2 Å². The van der Waals surface area contributed by atoms with Gasteiger partial charge < -0.3 is 29.0 Å². The van der Waals surface area contributed by atoms with Crippen LogP contribution in [0.2, 0.25) is 0 Å². The van der Waals surface area contributed by atoms with Crippen LogP contribution in [0.3, 0.4) is 0 Å². The maximum Gasteiger partial charge on any atom is 0.203 e. The molecule has 2 aromatic rings. The largest absolute Gasteiger partial charge is 0.497 e. The number of rotatable bonds is 6. The van der Waals surface area contributed by atoms with Gasteiger partial charge in [0.05, 0.1) is 35.5 Å². The zero-order valence-corrected chi connectivity index (χ0v) is 15.8. The highest BCUT2D eigenvalue weighted by Gasteiger charge is 2.25. The zero-order chi connectivity index (χ0) is 18.7. The lowest BCUT2D eigenvalue weighted by molar-refractivity contribution is 0.322. The minimum Gasteiger partial charge on any atom is -0.497 e. The van der Waals surface area contributed by atoms with Crippen LogP contribution in [-0.4, -0.2) is 35.5 Å². The molecule has 140 valence electrons. The van der Waals surface area contributed by atoms with Crippen LogP contribution in [0.25, 0.3) is 0 Å². The Morgan fingerprint density at radius 2 is 1.42 bits per heavy atom. The molecule has 0 spiro atoms. The fraction of sp³-hybridized carbons (Fsp3) is 0.400. The van der Waals surface area contributed by atoms with Gasteiger partial charge in [-0.1, -0.05) is 0 Å². The minimum atomic E-state index is 0.119. The molecule has 0 aromatic heterocycles. The maximum absolute atomic E-state index is 5.52. The normalized spacial score (nSPS) is 15.8. The van der Waals surface area contributed by atoms with Crippen molar-refractivity contribution in [3.05, 3.63) is 41.0 Å². The van der Waals surface area contributed by atoms with Gasteiger partial charge in [-0.25, -0.2) is 0 Å². The van der Waals surface area contributed by atoms with Crippen molar-refractivity contribution in [3.63, 3.8) is 0 Å². The molecule has 0 saturated heterocycles. The Balaban J connectivity index is 1.98. The van der Waals surface area contributed by atoms with Crippen LogP contribution in [0.1, 0.15) is 22.7 Å². The fourth-order valence-corrected chi connectivity index (χ4v) is 3.41. The summed E-state index contributed by atoms with van der Waals surface area (Å²) in [6.07, 6.45) is 0.807. The van der Waals surface area contributed by atoms with E-state index in [2.05, 4.69) is 11.4 Å². The monoisotopic (exact) mass is 359 g/mol. The van der Waals surface area contributed by atoms with Crippen molar-refractivity contribution in [2.24, 2.45) is 0 Å². The highest BCUT2D eigenvalue weighted by atomic mass is 16.5. The van der Waals surface area contributed by atoms with Gasteiger partial charge in [0.15, 0.2) is 11.5 Å². The first-order valence-electron chi connectivity index (χ1n) is 8.42. The van der Waals surface area contributed by atoms with E-state index in [1.807, 2.05) is 18.2 Å². The Kier molecular flexibility index (Phi) is 5.42. The molecule has 1 unspecified atom stereocenters. The molecule has 3 rings (SSSR count). The first kappa shape index (κ1) is 18.2. The van der Waals surface area contributed by atoms with Crippen molar-refractivity contribution >= 4 is 0 Å². The Bertz CT molecular complexity index is 765. The third-order valence-electron chi connectivity index (χ3n) is 4.77. The first-order chi connectivity index (χ1) is 12.6. The molecular formula is C20H25NO5. The average Bonchev–Trinajstić information content (AvgIpc) is 2.70. The highest BCUT2D eigenvalue weighted by Crippen LogP contribution is 2.42. The predicted molar refractivity (Wildman–Crippen MR) is 98.9 cm³/mol. The lowest BCUT2D eigenvalue weighted by atomic mass is 9.90. The summed E-state index contributed by atoms with van der Waals surface area (Å²) in [5.74, 6) is 3.54. The zero-order valence-electron chi connectivity index (χ0n) is 15.8. The van der Waals surface area contributed by atoms with Crippen LogP contribution in [0.5, 0.6) is 28.7 Å². The van der Waals surface area contributed by atoms with E-state index in [0.717, 1.165) is 29.0 Å². The molecule has 6 heteroatoms. The summed E-state index contributed by atoms with van der Waals surface area (Å²) >= 11 is 0. The van der Waals surface area contributed by atoms with Gasteiger partial charge in [-0.3, -0.25) is 0 Å². The number of nitrogens with one attached hydrogen (secondary N) is 1. The summed E-state index contributed by atoms with van der Waals surface area (Å²) < 4.78 is 27.3. The van der Waals surface area contributed by atoms with Gasteiger partial charge in [-0.05, 0) is 35.7 Å². The molecule has 6 nitrogen and oxygen atoms in total. The van der Waals surface area contributed by atoms with E-state index in [1.54, 1.807) is 35.5 Å². The predicted octanol–water partition coefficient (Wildman–Crippen LogP) is 3.12. The average molecular weight is 359 g/mol. The second kappa shape index (κ2) is 7.74. The van der Waals surface area contributed by atoms with E-state index in [-0.39, 0.29) is 6.04 Å². The Hall–Kier alpha value is -2.60. The molecule has 0 aliphatic carbocycles. The number of benzene rings is 2. The molecule has 1 aliphatic rings. The summed E-state index contributed by atoms with van der Waals surface area (Å²) in [4.78, 5) is 0. The van der Waals surface area contributed by atoms with Gasteiger partial charge in [0.25, 0.3) is 0 Å². The molecule has 1 N–H and O–H groups in total. The van der Waals surface area contributed by atoms with Gasteiger partial charge in [-0.15, -0.1) is 0 Å². The number of fused-ring (bicyclic) bond motifs is 1. The van der Waals surface area contributed by atoms with Gasteiger partial charge in [0.2, 0.25) is 5.75 Å². The molecule has 0 amide bonds. The van der Waals surface area contributed by atoms with Crippen molar-refractivity contribution in [2.45, 2.75) is 19.0 Å². The van der Waals surface area contributed by atoms with Crippen molar-refractivity contribution in [3.8, 4) is 28.7 Å². The van der Waals surface area contributed by atoms with Crippen molar-refractivity contribution in [1.82, 2.24) is 5.32 Å². The van der Waals surface area contributed by atoms with Crippen molar-refractivity contribution < 1.29 is 23.7 Å². The second-order valence-corrected chi connectivity index (χ2v) is 6.06. The van der Waals surface area contributed by atoms with E-state index in [0.29, 0.717) is 23.8 Å². The number of hydrogen-bond acceptors (Lipinski definition) is 6. The van der Waals surface area contributed by atoms with E-state index >= 15 is 0 Å². The smallest absolute Gasteiger partial charge is 0.203 e. The van der Waals surface area contributed by atoms with Crippen LogP contribution in [0.15, 0.2) is 24.3 Å². The second-order valence-electron chi connectivity index (χ2n) is 6.06. The van der Waals surface area contributed by atoms with E-state index in [1.165, 1.54) is 5.56 Å². The first-order valence-corrected chi connectivity index (χ1v) is 8.42. The number of methoxy groups -OCH3 is 5. The van der Waals surface area contributed by atoms with Crippen molar-refractivity contribution in [2.75, 3.05) is 35.5 Å². The molecule has 1 heterocycles. The van der Waals surface area contributed by atoms with Crippen LogP contribution < -0.4 is 29.0 Å². The van der Waals surface area contributed by atoms with Gasteiger partial charge in [0.1, 0.15) is 11.5 Å². The maximum atomic E-state index is 5.52.